The van der Waals surface area contributed by atoms with Crippen molar-refractivity contribution in [1.82, 2.24) is 10.2 Å². The van der Waals surface area contributed by atoms with Crippen LogP contribution in [0, 0.1) is 5.41 Å². The number of ether oxygens (including phenoxy) is 2. The molecule has 0 spiro atoms. The molecule has 0 radical (unpaired) electrons. The number of methoxy groups -OCH3 is 2. The number of amides is 2. The number of carbonyl (C=O) groups is 2. The predicted molar refractivity (Wildman–Crippen MR) is 105 cm³/mol. The summed E-state index contributed by atoms with van der Waals surface area (Å²) in [5.74, 6) is 1.04. The average Bonchev–Trinajstić information content (AvgIpc) is 2.96. The van der Waals surface area contributed by atoms with Crippen LogP contribution in [0.3, 0.4) is 0 Å². The SMILES string of the molecule is COc1ccc(CCNC(=O)C(C)(C)C(=O)N2CCCCCC2)cc1OC. The van der Waals surface area contributed by atoms with Gasteiger partial charge in [0.2, 0.25) is 11.8 Å². The van der Waals surface area contributed by atoms with Gasteiger partial charge in [-0.05, 0) is 50.8 Å². The molecule has 0 bridgehead atoms. The number of nitrogens with zero attached hydrogens (tertiary/aromatic N) is 1. The number of hydrogen-bond acceptors (Lipinski definition) is 4. The largest absolute Gasteiger partial charge is 0.493 e. The van der Waals surface area contributed by atoms with Crippen molar-refractivity contribution in [3.63, 3.8) is 0 Å². The van der Waals surface area contributed by atoms with E-state index in [1.165, 1.54) is 0 Å². The molecular weight excluding hydrogens is 344 g/mol. The van der Waals surface area contributed by atoms with Gasteiger partial charge in [0, 0.05) is 19.6 Å². The van der Waals surface area contributed by atoms with Crippen LogP contribution in [0.1, 0.15) is 45.1 Å². The van der Waals surface area contributed by atoms with E-state index >= 15 is 0 Å². The lowest BCUT2D eigenvalue weighted by Crippen LogP contribution is -2.50. The van der Waals surface area contributed by atoms with Gasteiger partial charge in [-0.25, -0.2) is 0 Å². The average molecular weight is 376 g/mol. The Morgan fingerprint density at radius 1 is 1.04 bits per heavy atom. The number of benzene rings is 1. The summed E-state index contributed by atoms with van der Waals surface area (Å²) in [6, 6.07) is 5.70. The van der Waals surface area contributed by atoms with Gasteiger partial charge in [0.15, 0.2) is 11.5 Å². The Hall–Kier alpha value is -2.24. The monoisotopic (exact) mass is 376 g/mol. The predicted octanol–water partition coefficient (Wildman–Crippen LogP) is 2.79. The van der Waals surface area contributed by atoms with E-state index in [-0.39, 0.29) is 11.8 Å². The van der Waals surface area contributed by atoms with E-state index in [1.54, 1.807) is 28.1 Å². The molecule has 2 rings (SSSR count). The van der Waals surface area contributed by atoms with Gasteiger partial charge < -0.3 is 19.7 Å². The molecule has 2 amide bonds. The van der Waals surface area contributed by atoms with E-state index in [1.807, 2.05) is 23.1 Å². The Morgan fingerprint density at radius 2 is 1.67 bits per heavy atom. The van der Waals surface area contributed by atoms with Crippen molar-refractivity contribution in [2.24, 2.45) is 5.41 Å². The molecule has 150 valence electrons. The first-order valence-corrected chi connectivity index (χ1v) is 9.68. The summed E-state index contributed by atoms with van der Waals surface area (Å²) in [6.07, 6.45) is 5.00. The normalized spacial score (nSPS) is 15.0. The van der Waals surface area contributed by atoms with Crippen molar-refractivity contribution in [2.45, 2.75) is 46.0 Å². The van der Waals surface area contributed by atoms with E-state index < -0.39 is 5.41 Å². The Balaban J connectivity index is 1.91. The van der Waals surface area contributed by atoms with Crippen molar-refractivity contribution >= 4 is 11.8 Å². The minimum absolute atomic E-state index is 0.0759. The summed E-state index contributed by atoms with van der Waals surface area (Å²) in [6.45, 7) is 5.39. The molecule has 1 saturated heterocycles. The lowest BCUT2D eigenvalue weighted by atomic mass is 9.90. The van der Waals surface area contributed by atoms with Crippen molar-refractivity contribution in [2.75, 3.05) is 33.9 Å². The van der Waals surface area contributed by atoms with Crippen LogP contribution in [0.4, 0.5) is 0 Å². The standard InChI is InChI=1S/C21H32N2O4/c1-21(2,20(25)23-13-7-5-6-8-14-23)19(24)22-12-11-16-9-10-17(26-3)18(15-16)27-4/h9-10,15H,5-8,11-14H2,1-4H3,(H,22,24). The highest BCUT2D eigenvalue weighted by atomic mass is 16.5. The highest BCUT2D eigenvalue weighted by Crippen LogP contribution is 2.27. The van der Waals surface area contributed by atoms with E-state index in [2.05, 4.69) is 5.32 Å². The molecule has 6 nitrogen and oxygen atoms in total. The van der Waals surface area contributed by atoms with Crippen LogP contribution in [-0.2, 0) is 16.0 Å². The minimum Gasteiger partial charge on any atom is -0.493 e. The molecule has 1 aromatic carbocycles. The van der Waals surface area contributed by atoms with Crippen LogP contribution in [0.25, 0.3) is 0 Å². The van der Waals surface area contributed by atoms with Gasteiger partial charge in [-0.3, -0.25) is 9.59 Å². The Labute approximate surface area is 162 Å². The Bertz CT molecular complexity index is 650. The van der Waals surface area contributed by atoms with Gasteiger partial charge in [0.25, 0.3) is 0 Å². The molecule has 1 N–H and O–H groups in total. The lowest BCUT2D eigenvalue weighted by Gasteiger charge is -2.30. The Morgan fingerprint density at radius 3 is 2.26 bits per heavy atom. The van der Waals surface area contributed by atoms with E-state index in [4.69, 9.17) is 9.47 Å². The summed E-state index contributed by atoms with van der Waals surface area (Å²) < 4.78 is 10.5. The summed E-state index contributed by atoms with van der Waals surface area (Å²) >= 11 is 0. The maximum atomic E-state index is 12.8. The molecule has 1 aromatic rings. The number of nitrogens with one attached hydrogen (secondary N) is 1. The highest BCUT2D eigenvalue weighted by Gasteiger charge is 2.38. The van der Waals surface area contributed by atoms with Crippen molar-refractivity contribution in [3.8, 4) is 11.5 Å². The molecule has 0 unspecified atom stereocenters. The van der Waals surface area contributed by atoms with E-state index in [9.17, 15) is 9.59 Å². The van der Waals surface area contributed by atoms with Crippen molar-refractivity contribution in [1.29, 1.82) is 0 Å². The third kappa shape index (κ3) is 5.37. The fourth-order valence-electron chi connectivity index (χ4n) is 3.34. The van der Waals surface area contributed by atoms with Crippen molar-refractivity contribution < 1.29 is 19.1 Å². The highest BCUT2D eigenvalue weighted by molar-refractivity contribution is 6.04. The maximum absolute atomic E-state index is 12.8. The minimum atomic E-state index is -1.05. The van der Waals surface area contributed by atoms with Gasteiger partial charge in [0.05, 0.1) is 14.2 Å². The summed E-state index contributed by atoms with van der Waals surface area (Å²) in [4.78, 5) is 27.3. The molecule has 1 fully saturated rings. The number of rotatable bonds is 7. The topological polar surface area (TPSA) is 67.9 Å². The van der Waals surface area contributed by atoms with Gasteiger partial charge in [-0.1, -0.05) is 18.9 Å². The fourth-order valence-corrected chi connectivity index (χ4v) is 3.34. The molecular formula is C21H32N2O4. The zero-order chi connectivity index (χ0) is 19.9. The number of hydrogen-bond donors (Lipinski definition) is 1. The quantitative estimate of drug-likeness (QED) is 0.743. The molecule has 1 aliphatic heterocycles. The van der Waals surface area contributed by atoms with Crippen molar-refractivity contribution in [3.05, 3.63) is 23.8 Å². The Kier molecular flexibility index (Phi) is 7.51. The first kappa shape index (κ1) is 21.1. The van der Waals surface area contributed by atoms with Crippen LogP contribution < -0.4 is 14.8 Å². The first-order valence-electron chi connectivity index (χ1n) is 9.68. The second kappa shape index (κ2) is 9.62. The fraction of sp³-hybridized carbons (Fsp3) is 0.619. The van der Waals surface area contributed by atoms with Crippen LogP contribution in [-0.4, -0.2) is 50.6 Å². The second-order valence-corrected chi connectivity index (χ2v) is 7.53. The zero-order valence-corrected chi connectivity index (χ0v) is 17.0. The second-order valence-electron chi connectivity index (χ2n) is 7.53. The smallest absolute Gasteiger partial charge is 0.237 e. The summed E-state index contributed by atoms with van der Waals surface area (Å²) in [5.41, 5.74) is -0.0216. The number of carbonyl (C=O) groups excluding carboxylic acids is 2. The van der Waals surface area contributed by atoms with Crippen LogP contribution in [0.2, 0.25) is 0 Å². The van der Waals surface area contributed by atoms with Gasteiger partial charge >= 0.3 is 0 Å². The lowest BCUT2D eigenvalue weighted by molar-refractivity contribution is -0.148. The van der Waals surface area contributed by atoms with Crippen LogP contribution in [0.15, 0.2) is 18.2 Å². The molecule has 6 heteroatoms. The van der Waals surface area contributed by atoms with Crippen LogP contribution in [0.5, 0.6) is 11.5 Å². The zero-order valence-electron chi connectivity index (χ0n) is 17.0. The molecule has 0 saturated carbocycles. The van der Waals surface area contributed by atoms with Gasteiger partial charge in [0.1, 0.15) is 5.41 Å². The first-order chi connectivity index (χ1) is 12.9. The van der Waals surface area contributed by atoms with Crippen LogP contribution >= 0.6 is 0 Å². The van der Waals surface area contributed by atoms with E-state index in [0.717, 1.165) is 44.3 Å². The molecule has 0 aromatic heterocycles. The molecule has 0 aliphatic carbocycles. The van der Waals surface area contributed by atoms with Gasteiger partial charge in [-0.2, -0.15) is 0 Å². The van der Waals surface area contributed by atoms with E-state index in [0.29, 0.717) is 24.5 Å². The summed E-state index contributed by atoms with van der Waals surface area (Å²) in [5, 5.41) is 2.91. The third-order valence-electron chi connectivity index (χ3n) is 5.14. The maximum Gasteiger partial charge on any atom is 0.237 e. The van der Waals surface area contributed by atoms with Gasteiger partial charge in [-0.15, -0.1) is 0 Å². The number of likely N-dealkylation sites (tertiary alicyclic amines) is 1. The molecule has 27 heavy (non-hydrogen) atoms. The molecule has 0 atom stereocenters. The summed E-state index contributed by atoms with van der Waals surface area (Å²) in [7, 11) is 3.20. The molecule has 1 heterocycles. The third-order valence-corrected chi connectivity index (χ3v) is 5.14. The molecule has 1 aliphatic rings.